The van der Waals surface area contributed by atoms with E-state index in [0.29, 0.717) is 6.04 Å². The van der Waals surface area contributed by atoms with E-state index in [2.05, 4.69) is 42.8 Å². The molecule has 1 aliphatic carbocycles. The van der Waals surface area contributed by atoms with Gasteiger partial charge in [0.1, 0.15) is 22.4 Å². The van der Waals surface area contributed by atoms with Crippen LogP contribution in [-0.4, -0.2) is 34.6 Å². The molecular formula is C12H19BrN4S. The molecule has 4 nitrogen and oxygen atoms in total. The molecule has 0 spiro atoms. The van der Waals surface area contributed by atoms with E-state index in [0.717, 1.165) is 21.4 Å². The van der Waals surface area contributed by atoms with Gasteiger partial charge < -0.3 is 10.6 Å². The minimum absolute atomic E-state index is 0.532. The van der Waals surface area contributed by atoms with Gasteiger partial charge in [-0.05, 0) is 47.9 Å². The summed E-state index contributed by atoms with van der Waals surface area (Å²) in [6.45, 7) is 0. The van der Waals surface area contributed by atoms with Crippen LogP contribution in [0.4, 0.5) is 11.6 Å². The molecule has 1 heterocycles. The SMILES string of the molecule is CNc1ncnc(NC2CCC(SC)CC2)c1Br. The van der Waals surface area contributed by atoms with Crippen LogP contribution in [0.2, 0.25) is 0 Å². The molecule has 6 heteroatoms. The number of hydrogen-bond acceptors (Lipinski definition) is 5. The van der Waals surface area contributed by atoms with Crippen LogP contribution in [0, 0.1) is 0 Å². The molecule has 0 aromatic carbocycles. The normalized spacial score (nSPS) is 23.7. The Morgan fingerprint density at radius 1 is 1.22 bits per heavy atom. The molecule has 1 aliphatic rings. The van der Waals surface area contributed by atoms with Crippen LogP contribution in [-0.2, 0) is 0 Å². The number of nitrogens with one attached hydrogen (secondary N) is 2. The van der Waals surface area contributed by atoms with Gasteiger partial charge in [-0.3, -0.25) is 0 Å². The molecule has 18 heavy (non-hydrogen) atoms. The lowest BCUT2D eigenvalue weighted by Gasteiger charge is -2.28. The molecule has 2 N–H and O–H groups in total. The van der Waals surface area contributed by atoms with Gasteiger partial charge in [-0.15, -0.1) is 0 Å². The van der Waals surface area contributed by atoms with Gasteiger partial charge in [-0.2, -0.15) is 11.8 Å². The predicted octanol–water partition coefficient (Wildman–Crippen LogP) is 3.37. The number of thioether (sulfide) groups is 1. The van der Waals surface area contributed by atoms with E-state index in [4.69, 9.17) is 0 Å². The Labute approximate surface area is 121 Å². The van der Waals surface area contributed by atoms with Crippen molar-refractivity contribution in [1.29, 1.82) is 0 Å². The van der Waals surface area contributed by atoms with Crippen molar-refractivity contribution in [1.82, 2.24) is 9.97 Å². The van der Waals surface area contributed by atoms with Gasteiger partial charge in [0.2, 0.25) is 0 Å². The second kappa shape index (κ2) is 6.61. The lowest BCUT2D eigenvalue weighted by atomic mass is 9.95. The van der Waals surface area contributed by atoms with Crippen LogP contribution >= 0.6 is 27.7 Å². The molecule has 0 unspecified atom stereocenters. The van der Waals surface area contributed by atoms with E-state index in [-0.39, 0.29) is 0 Å². The zero-order valence-electron chi connectivity index (χ0n) is 10.7. The third kappa shape index (κ3) is 3.29. The van der Waals surface area contributed by atoms with Gasteiger partial charge >= 0.3 is 0 Å². The van der Waals surface area contributed by atoms with Gasteiger partial charge in [0, 0.05) is 18.3 Å². The van der Waals surface area contributed by atoms with E-state index >= 15 is 0 Å². The number of aromatic nitrogens is 2. The second-order valence-electron chi connectivity index (χ2n) is 4.49. The Balaban J connectivity index is 1.98. The largest absolute Gasteiger partial charge is 0.372 e. The van der Waals surface area contributed by atoms with Crippen molar-refractivity contribution in [3.63, 3.8) is 0 Å². The first-order valence-electron chi connectivity index (χ1n) is 6.22. The molecule has 0 atom stereocenters. The van der Waals surface area contributed by atoms with Crippen LogP contribution < -0.4 is 10.6 Å². The molecule has 0 aliphatic heterocycles. The first-order valence-corrected chi connectivity index (χ1v) is 8.30. The molecule has 1 aromatic heterocycles. The molecule has 1 fully saturated rings. The zero-order valence-corrected chi connectivity index (χ0v) is 13.1. The van der Waals surface area contributed by atoms with E-state index in [1.807, 2.05) is 18.8 Å². The fraction of sp³-hybridized carbons (Fsp3) is 0.667. The van der Waals surface area contributed by atoms with Crippen molar-refractivity contribution < 1.29 is 0 Å². The van der Waals surface area contributed by atoms with Crippen molar-refractivity contribution in [2.75, 3.05) is 23.9 Å². The highest BCUT2D eigenvalue weighted by molar-refractivity contribution is 9.10. The Bertz CT molecular complexity index is 394. The van der Waals surface area contributed by atoms with Crippen LogP contribution in [0.1, 0.15) is 25.7 Å². The Morgan fingerprint density at radius 2 is 1.89 bits per heavy atom. The van der Waals surface area contributed by atoms with Crippen molar-refractivity contribution in [2.45, 2.75) is 37.0 Å². The highest BCUT2D eigenvalue weighted by Gasteiger charge is 2.21. The minimum Gasteiger partial charge on any atom is -0.372 e. The third-order valence-electron chi connectivity index (χ3n) is 3.37. The molecular weight excluding hydrogens is 312 g/mol. The van der Waals surface area contributed by atoms with Crippen LogP contribution in [0.25, 0.3) is 0 Å². The summed E-state index contributed by atoms with van der Waals surface area (Å²) in [5.41, 5.74) is 0. The second-order valence-corrected chi connectivity index (χ2v) is 6.42. The standard InChI is InChI=1S/C12H19BrN4S/c1-14-11-10(13)12(16-7-15-11)17-8-3-5-9(18-2)6-4-8/h7-9H,3-6H2,1-2H3,(H2,14,15,16,17). The number of hydrogen-bond donors (Lipinski definition) is 2. The van der Waals surface area contributed by atoms with Gasteiger partial charge in [0.25, 0.3) is 0 Å². The maximum atomic E-state index is 4.31. The first-order chi connectivity index (χ1) is 8.74. The summed E-state index contributed by atoms with van der Waals surface area (Å²) in [7, 11) is 1.86. The number of rotatable bonds is 4. The average Bonchev–Trinajstić information content (AvgIpc) is 2.42. The van der Waals surface area contributed by atoms with E-state index < -0.39 is 0 Å². The molecule has 2 rings (SSSR count). The number of anilines is 2. The highest BCUT2D eigenvalue weighted by Crippen LogP contribution is 2.31. The summed E-state index contributed by atoms with van der Waals surface area (Å²) >= 11 is 5.53. The molecule has 1 aromatic rings. The molecule has 0 radical (unpaired) electrons. The third-order valence-corrected chi connectivity index (χ3v) is 5.26. The van der Waals surface area contributed by atoms with Crippen molar-refractivity contribution in [3.8, 4) is 0 Å². The van der Waals surface area contributed by atoms with E-state index in [9.17, 15) is 0 Å². The summed E-state index contributed by atoms with van der Waals surface area (Å²) < 4.78 is 0.916. The quantitative estimate of drug-likeness (QED) is 0.886. The molecule has 100 valence electrons. The summed E-state index contributed by atoms with van der Waals surface area (Å²) in [5, 5.41) is 7.41. The maximum Gasteiger partial charge on any atom is 0.146 e. The van der Waals surface area contributed by atoms with Crippen LogP contribution in [0.3, 0.4) is 0 Å². The molecule has 1 saturated carbocycles. The maximum absolute atomic E-state index is 4.31. The first kappa shape index (κ1) is 13.9. The average molecular weight is 331 g/mol. The summed E-state index contributed by atoms with van der Waals surface area (Å²) in [6, 6.07) is 0.532. The monoisotopic (exact) mass is 330 g/mol. The highest BCUT2D eigenvalue weighted by atomic mass is 79.9. The van der Waals surface area contributed by atoms with E-state index in [1.54, 1.807) is 6.33 Å². The lowest BCUT2D eigenvalue weighted by Crippen LogP contribution is -2.27. The summed E-state index contributed by atoms with van der Waals surface area (Å²) in [5.74, 6) is 1.72. The van der Waals surface area contributed by atoms with E-state index in [1.165, 1.54) is 25.7 Å². The van der Waals surface area contributed by atoms with Crippen LogP contribution in [0.5, 0.6) is 0 Å². The topological polar surface area (TPSA) is 49.8 Å². The zero-order chi connectivity index (χ0) is 13.0. The van der Waals surface area contributed by atoms with Gasteiger partial charge in [0.05, 0.1) is 0 Å². The van der Waals surface area contributed by atoms with Crippen molar-refractivity contribution in [3.05, 3.63) is 10.8 Å². The Morgan fingerprint density at radius 3 is 2.50 bits per heavy atom. The lowest BCUT2D eigenvalue weighted by molar-refractivity contribution is 0.472. The molecule has 0 bridgehead atoms. The number of nitrogens with zero attached hydrogens (tertiary/aromatic N) is 2. The predicted molar refractivity (Wildman–Crippen MR) is 82.5 cm³/mol. The fourth-order valence-corrected chi connectivity index (χ4v) is 3.54. The fourth-order valence-electron chi connectivity index (χ4n) is 2.28. The smallest absolute Gasteiger partial charge is 0.146 e. The number of halogens is 1. The molecule has 0 saturated heterocycles. The summed E-state index contributed by atoms with van der Waals surface area (Å²) in [6.07, 6.45) is 8.82. The summed E-state index contributed by atoms with van der Waals surface area (Å²) in [4.78, 5) is 8.47. The van der Waals surface area contributed by atoms with Gasteiger partial charge in [-0.1, -0.05) is 0 Å². The van der Waals surface area contributed by atoms with Gasteiger partial charge in [-0.25, -0.2) is 9.97 Å². The Kier molecular flexibility index (Phi) is 5.12. The minimum atomic E-state index is 0.532. The van der Waals surface area contributed by atoms with Crippen molar-refractivity contribution in [2.24, 2.45) is 0 Å². The Hall–Kier alpha value is -0.490. The van der Waals surface area contributed by atoms with Crippen LogP contribution in [0.15, 0.2) is 10.8 Å². The van der Waals surface area contributed by atoms with Crippen molar-refractivity contribution >= 4 is 39.3 Å². The van der Waals surface area contributed by atoms with Gasteiger partial charge in [0.15, 0.2) is 0 Å². The molecule has 0 amide bonds.